The van der Waals surface area contributed by atoms with Crippen LogP contribution in [0.3, 0.4) is 0 Å². The number of aromatic amines is 2. The van der Waals surface area contributed by atoms with Gasteiger partial charge in [0.1, 0.15) is 11.6 Å². The molecule has 0 spiro atoms. The molecule has 2 aromatic heterocycles. The van der Waals surface area contributed by atoms with E-state index in [1.54, 1.807) is 12.4 Å². The first-order valence-corrected chi connectivity index (χ1v) is 16.2. The van der Waals surface area contributed by atoms with Crippen LogP contribution in [-0.4, -0.2) is 43.8 Å². The average Bonchev–Trinajstić information content (AvgIpc) is 3.72. The molecule has 10 nitrogen and oxygen atoms in total. The Balaban J connectivity index is 1.45. The first-order chi connectivity index (χ1) is 21.8. The van der Waals surface area contributed by atoms with Gasteiger partial charge in [0.05, 0.1) is 47.9 Å². The molecule has 0 saturated carbocycles. The SMILES string of the molecule is CC(C)[C@H](NC(=O)[C@H](N)C(C)C)c1ncc(-c2ccc(-c3ccc(-c4cnc([C@@H](NC(=O)[C@H](N)C(C)C)C(C)C)[nH]4)cc3)cc2)[nH]1. The van der Waals surface area contributed by atoms with Crippen LogP contribution in [0.4, 0.5) is 0 Å². The first-order valence-electron chi connectivity index (χ1n) is 16.2. The molecule has 10 heteroatoms. The molecule has 0 radical (unpaired) electrons. The number of nitrogens with zero attached hydrogens (tertiary/aromatic N) is 2. The number of imidazole rings is 2. The summed E-state index contributed by atoms with van der Waals surface area (Å²) in [6, 6.07) is 14.9. The summed E-state index contributed by atoms with van der Waals surface area (Å²) in [6.07, 6.45) is 3.60. The summed E-state index contributed by atoms with van der Waals surface area (Å²) in [5, 5.41) is 6.13. The van der Waals surface area contributed by atoms with E-state index in [9.17, 15) is 9.59 Å². The highest BCUT2D eigenvalue weighted by Crippen LogP contribution is 2.29. The average molecular weight is 627 g/mol. The Morgan fingerprint density at radius 2 is 0.848 bits per heavy atom. The molecular formula is C36H50N8O2. The third kappa shape index (κ3) is 8.10. The lowest BCUT2D eigenvalue weighted by atomic mass is 10.0. The molecule has 0 fully saturated rings. The lowest BCUT2D eigenvalue weighted by molar-refractivity contribution is -0.125. The van der Waals surface area contributed by atoms with E-state index in [2.05, 4.69) is 79.1 Å². The minimum absolute atomic E-state index is 0.0470. The molecule has 0 unspecified atom stereocenters. The molecule has 4 aromatic rings. The van der Waals surface area contributed by atoms with Crippen LogP contribution in [0, 0.1) is 23.7 Å². The van der Waals surface area contributed by atoms with Crippen molar-refractivity contribution in [2.24, 2.45) is 35.1 Å². The van der Waals surface area contributed by atoms with E-state index in [0.29, 0.717) is 11.6 Å². The number of hydrogen-bond acceptors (Lipinski definition) is 6. The predicted molar refractivity (Wildman–Crippen MR) is 184 cm³/mol. The van der Waals surface area contributed by atoms with E-state index in [1.165, 1.54) is 0 Å². The van der Waals surface area contributed by atoms with Crippen LogP contribution >= 0.6 is 0 Å². The minimum atomic E-state index is -0.569. The zero-order valence-electron chi connectivity index (χ0n) is 28.3. The number of aromatic nitrogens is 4. The maximum atomic E-state index is 12.6. The third-order valence-corrected chi connectivity index (χ3v) is 8.48. The number of nitrogens with two attached hydrogens (primary N) is 2. The van der Waals surface area contributed by atoms with Crippen molar-refractivity contribution >= 4 is 11.8 Å². The second kappa shape index (κ2) is 14.9. The lowest BCUT2D eigenvalue weighted by Gasteiger charge is -2.23. The van der Waals surface area contributed by atoms with E-state index in [0.717, 1.165) is 33.6 Å². The van der Waals surface area contributed by atoms with Gasteiger partial charge >= 0.3 is 0 Å². The van der Waals surface area contributed by atoms with Gasteiger partial charge < -0.3 is 32.1 Å². The van der Waals surface area contributed by atoms with Gasteiger partial charge in [-0.15, -0.1) is 0 Å². The zero-order valence-corrected chi connectivity index (χ0v) is 28.3. The Bertz CT molecular complexity index is 1460. The van der Waals surface area contributed by atoms with Crippen molar-refractivity contribution in [2.45, 2.75) is 79.6 Å². The van der Waals surface area contributed by atoms with Gasteiger partial charge in [-0.1, -0.05) is 104 Å². The highest BCUT2D eigenvalue weighted by molar-refractivity contribution is 5.82. The molecule has 4 rings (SSSR count). The fourth-order valence-corrected chi connectivity index (χ4v) is 5.17. The van der Waals surface area contributed by atoms with Crippen LogP contribution < -0.4 is 22.1 Å². The molecule has 0 bridgehead atoms. The second-order valence-corrected chi connectivity index (χ2v) is 13.5. The molecule has 0 saturated heterocycles. The van der Waals surface area contributed by atoms with E-state index in [4.69, 9.17) is 11.5 Å². The monoisotopic (exact) mass is 626 g/mol. The molecule has 2 amide bonds. The number of amides is 2. The fraction of sp³-hybridized carbons (Fsp3) is 0.444. The Morgan fingerprint density at radius 1 is 0.543 bits per heavy atom. The van der Waals surface area contributed by atoms with E-state index >= 15 is 0 Å². The van der Waals surface area contributed by atoms with Crippen LogP contribution in [0.5, 0.6) is 0 Å². The minimum Gasteiger partial charge on any atom is -0.345 e. The van der Waals surface area contributed by atoms with Gasteiger partial charge in [-0.25, -0.2) is 9.97 Å². The molecule has 0 aliphatic heterocycles. The summed E-state index contributed by atoms with van der Waals surface area (Å²) < 4.78 is 0. The van der Waals surface area contributed by atoms with Crippen molar-refractivity contribution in [2.75, 3.05) is 0 Å². The number of carbonyl (C=O) groups excluding carboxylic acids is 2. The van der Waals surface area contributed by atoms with Gasteiger partial charge in [-0.05, 0) is 45.9 Å². The van der Waals surface area contributed by atoms with Gasteiger partial charge in [0, 0.05) is 0 Å². The van der Waals surface area contributed by atoms with Crippen molar-refractivity contribution in [3.8, 4) is 33.6 Å². The quantitative estimate of drug-likeness (QED) is 0.111. The van der Waals surface area contributed by atoms with Gasteiger partial charge in [0.25, 0.3) is 0 Å². The number of hydrogen-bond donors (Lipinski definition) is 6. The summed E-state index contributed by atoms with van der Waals surface area (Å²) in [5.74, 6) is 1.42. The second-order valence-electron chi connectivity index (χ2n) is 13.5. The number of rotatable bonds is 13. The highest BCUT2D eigenvalue weighted by Gasteiger charge is 2.27. The lowest BCUT2D eigenvalue weighted by Crippen LogP contribution is -2.46. The maximum absolute atomic E-state index is 12.6. The molecule has 8 N–H and O–H groups in total. The molecule has 0 aliphatic carbocycles. The third-order valence-electron chi connectivity index (χ3n) is 8.48. The first kappa shape index (κ1) is 34.6. The Morgan fingerprint density at radius 3 is 1.13 bits per heavy atom. The van der Waals surface area contributed by atoms with Crippen LogP contribution in [0.2, 0.25) is 0 Å². The smallest absolute Gasteiger partial charge is 0.237 e. The van der Waals surface area contributed by atoms with Crippen LogP contribution in [0.25, 0.3) is 33.6 Å². The topological polar surface area (TPSA) is 168 Å². The van der Waals surface area contributed by atoms with Crippen molar-refractivity contribution < 1.29 is 9.59 Å². The molecule has 0 aliphatic rings. The van der Waals surface area contributed by atoms with E-state index in [1.807, 2.05) is 55.4 Å². The molecule has 246 valence electrons. The molecule has 46 heavy (non-hydrogen) atoms. The zero-order chi connectivity index (χ0) is 33.7. The van der Waals surface area contributed by atoms with Gasteiger partial charge in [0.15, 0.2) is 0 Å². The normalized spacial score (nSPS) is 14.5. The molecule has 2 heterocycles. The molecule has 4 atom stereocenters. The highest BCUT2D eigenvalue weighted by atomic mass is 16.2. The predicted octanol–water partition coefficient (Wildman–Crippen LogP) is 5.73. The summed E-state index contributed by atoms with van der Waals surface area (Å²) in [4.78, 5) is 41.3. The van der Waals surface area contributed by atoms with Crippen molar-refractivity contribution in [1.82, 2.24) is 30.6 Å². The molecular weight excluding hydrogens is 576 g/mol. The maximum Gasteiger partial charge on any atom is 0.237 e. The van der Waals surface area contributed by atoms with Gasteiger partial charge in [-0.3, -0.25) is 9.59 Å². The van der Waals surface area contributed by atoms with E-state index < -0.39 is 12.1 Å². The number of benzene rings is 2. The number of carbonyl (C=O) groups is 2. The summed E-state index contributed by atoms with van der Waals surface area (Å²) in [5.41, 5.74) is 18.1. The number of H-pyrrole nitrogens is 2. The number of nitrogens with one attached hydrogen (secondary N) is 4. The van der Waals surface area contributed by atoms with Gasteiger partial charge in [-0.2, -0.15) is 0 Å². The summed E-state index contributed by atoms with van der Waals surface area (Å²) >= 11 is 0. The van der Waals surface area contributed by atoms with Crippen molar-refractivity contribution in [1.29, 1.82) is 0 Å². The van der Waals surface area contributed by atoms with Crippen LogP contribution in [0.15, 0.2) is 60.9 Å². The van der Waals surface area contributed by atoms with Gasteiger partial charge in [0.2, 0.25) is 11.8 Å². The summed E-state index contributed by atoms with van der Waals surface area (Å²) in [7, 11) is 0. The Labute approximate surface area is 272 Å². The summed E-state index contributed by atoms with van der Waals surface area (Å²) in [6.45, 7) is 15.9. The standard InChI is InChI=1S/C36H50N8O2/c1-19(2)29(37)35(45)43-31(21(5)6)33-39-17-27(41-33)25-13-9-23(10-14-25)24-11-15-26(16-12-24)28-18-40-34(42-28)32(22(7)8)44-36(46)30(38)20(3)4/h9-22,29-32H,37-38H2,1-8H3,(H,39,41)(H,40,42)(H,43,45)(H,44,46)/t29-,30-,31+,32+/m1/s1. The Kier molecular flexibility index (Phi) is 11.2. The molecule has 2 aromatic carbocycles. The van der Waals surface area contributed by atoms with Crippen LogP contribution in [0.1, 0.15) is 79.1 Å². The largest absolute Gasteiger partial charge is 0.345 e. The van der Waals surface area contributed by atoms with E-state index in [-0.39, 0.29) is 47.6 Å². The van der Waals surface area contributed by atoms with Crippen molar-refractivity contribution in [3.63, 3.8) is 0 Å². The van der Waals surface area contributed by atoms with Crippen LogP contribution in [-0.2, 0) is 9.59 Å². The fourth-order valence-electron chi connectivity index (χ4n) is 5.17. The Hall–Kier alpha value is -4.28. The van der Waals surface area contributed by atoms with Crippen molar-refractivity contribution in [3.05, 3.63) is 72.6 Å².